The minimum atomic E-state index is -0.418. The Hall–Kier alpha value is -1.36. The summed E-state index contributed by atoms with van der Waals surface area (Å²) in [5.41, 5.74) is 1.37. The van der Waals surface area contributed by atoms with Crippen LogP contribution in [0.4, 0.5) is 0 Å². The van der Waals surface area contributed by atoms with Crippen molar-refractivity contribution in [1.82, 2.24) is 9.47 Å². The molecule has 0 aromatic carbocycles. The maximum Gasteiger partial charge on any atom is 0.270 e. The van der Waals surface area contributed by atoms with E-state index in [0.29, 0.717) is 24.5 Å². The average molecular weight is 284 g/mol. The van der Waals surface area contributed by atoms with Crippen molar-refractivity contribution in [1.29, 1.82) is 0 Å². The van der Waals surface area contributed by atoms with Gasteiger partial charge in [0.1, 0.15) is 11.7 Å². The molecule has 2 heterocycles. The highest BCUT2D eigenvalue weighted by Crippen LogP contribution is 2.30. The first kappa shape index (κ1) is 14.1. The molecule has 6 heteroatoms. The zero-order valence-electron chi connectivity index (χ0n) is 11.0. The van der Waals surface area contributed by atoms with Crippen molar-refractivity contribution in [3.05, 3.63) is 28.4 Å². The third-order valence-corrected chi connectivity index (χ3v) is 3.82. The summed E-state index contributed by atoms with van der Waals surface area (Å²) in [7, 11) is 1.76. The second-order valence-electron chi connectivity index (χ2n) is 4.85. The summed E-state index contributed by atoms with van der Waals surface area (Å²) in [6.07, 6.45) is 4.28. The van der Waals surface area contributed by atoms with Crippen LogP contribution in [0, 0.1) is 4.91 Å². The number of nitrogens with zero attached hydrogens (tertiary/aromatic N) is 3. The Balaban J connectivity index is 2.31. The van der Waals surface area contributed by atoms with E-state index in [1.54, 1.807) is 11.9 Å². The minimum absolute atomic E-state index is 0.0305. The van der Waals surface area contributed by atoms with Crippen molar-refractivity contribution in [2.75, 3.05) is 19.5 Å². The van der Waals surface area contributed by atoms with Gasteiger partial charge >= 0.3 is 0 Å². The lowest BCUT2D eigenvalue weighted by Gasteiger charge is -2.15. The van der Waals surface area contributed by atoms with Crippen LogP contribution in [0.15, 0.2) is 17.4 Å². The lowest BCUT2D eigenvalue weighted by molar-refractivity contribution is 0.0788. The van der Waals surface area contributed by atoms with Crippen LogP contribution in [0.1, 0.15) is 41.4 Å². The van der Waals surface area contributed by atoms with Crippen molar-refractivity contribution in [2.24, 2.45) is 5.18 Å². The molecule has 1 aliphatic heterocycles. The number of nitroso groups, excluding NO2 is 1. The van der Waals surface area contributed by atoms with Crippen LogP contribution in [0.5, 0.6) is 0 Å². The van der Waals surface area contributed by atoms with E-state index in [2.05, 4.69) is 5.18 Å². The Morgan fingerprint density at radius 2 is 2.26 bits per heavy atom. The Kier molecular flexibility index (Phi) is 4.58. The number of hydrogen-bond acceptors (Lipinski definition) is 3. The molecule has 2 rings (SSSR count). The molecule has 19 heavy (non-hydrogen) atoms. The molecule has 1 aliphatic rings. The van der Waals surface area contributed by atoms with Gasteiger partial charge in [-0.1, -0.05) is 5.18 Å². The van der Waals surface area contributed by atoms with Crippen LogP contribution in [0.2, 0.25) is 0 Å². The number of carbonyl (C=O) groups is 1. The summed E-state index contributed by atoms with van der Waals surface area (Å²) in [5.74, 6) is 0.590. The zero-order chi connectivity index (χ0) is 13.8. The van der Waals surface area contributed by atoms with Crippen molar-refractivity contribution in [3.63, 3.8) is 0 Å². The Morgan fingerprint density at radius 1 is 1.47 bits per heavy atom. The van der Waals surface area contributed by atoms with Gasteiger partial charge < -0.3 is 9.47 Å². The van der Waals surface area contributed by atoms with Crippen LogP contribution < -0.4 is 0 Å². The maximum atomic E-state index is 12.3. The Bertz CT molecular complexity index is 472. The van der Waals surface area contributed by atoms with Crippen LogP contribution in [0.3, 0.4) is 0 Å². The number of hydrogen-bond donors (Lipinski definition) is 0. The van der Waals surface area contributed by atoms with E-state index in [1.165, 1.54) is 0 Å². The van der Waals surface area contributed by atoms with Gasteiger partial charge in [0.15, 0.2) is 0 Å². The number of unbranched alkanes of at least 4 members (excludes halogenated alkanes) is 1. The van der Waals surface area contributed by atoms with E-state index in [9.17, 15) is 9.70 Å². The number of carbonyl (C=O) groups excluding carboxylic acids is 1. The predicted molar refractivity (Wildman–Crippen MR) is 74.5 cm³/mol. The summed E-state index contributed by atoms with van der Waals surface area (Å²) in [4.78, 5) is 25.0. The standard InChI is InChI=1S/C13H18ClN3O2/c1-16-8-5-11(15-19)10-4-9-17(7-3-2-6-14)12(10)13(16)18/h4,9,11H,2-3,5-8H2,1H3. The van der Waals surface area contributed by atoms with Crippen molar-refractivity contribution in [3.8, 4) is 0 Å². The largest absolute Gasteiger partial charge is 0.343 e. The van der Waals surface area contributed by atoms with Crippen molar-refractivity contribution >= 4 is 17.5 Å². The molecule has 1 aromatic rings. The number of rotatable bonds is 5. The molecule has 1 aromatic heterocycles. The van der Waals surface area contributed by atoms with Gasteiger partial charge in [-0.25, -0.2) is 0 Å². The maximum absolute atomic E-state index is 12.3. The van der Waals surface area contributed by atoms with Gasteiger partial charge in [0.05, 0.1) is 0 Å². The van der Waals surface area contributed by atoms with Gasteiger partial charge in [0.25, 0.3) is 5.91 Å². The van der Waals surface area contributed by atoms with Gasteiger partial charge in [-0.2, -0.15) is 4.91 Å². The quantitative estimate of drug-likeness (QED) is 0.474. The Labute approximate surface area is 117 Å². The molecule has 0 N–H and O–H groups in total. The highest BCUT2D eigenvalue weighted by Gasteiger charge is 2.29. The van der Waals surface area contributed by atoms with Gasteiger partial charge in [0, 0.05) is 37.8 Å². The van der Waals surface area contributed by atoms with Gasteiger partial charge in [0.2, 0.25) is 0 Å². The third-order valence-electron chi connectivity index (χ3n) is 3.55. The van der Waals surface area contributed by atoms with E-state index in [-0.39, 0.29) is 5.91 Å². The zero-order valence-corrected chi connectivity index (χ0v) is 11.8. The van der Waals surface area contributed by atoms with Gasteiger partial charge in [-0.05, 0) is 25.3 Å². The molecule has 0 aliphatic carbocycles. The summed E-state index contributed by atoms with van der Waals surface area (Å²) >= 11 is 5.67. The number of aryl methyl sites for hydroxylation is 1. The summed E-state index contributed by atoms with van der Waals surface area (Å²) in [5, 5.41) is 3.16. The molecule has 5 nitrogen and oxygen atoms in total. The highest BCUT2D eigenvalue weighted by molar-refractivity contribution is 6.17. The molecule has 0 spiro atoms. The topological polar surface area (TPSA) is 54.7 Å². The van der Waals surface area contributed by atoms with Crippen LogP contribution in [-0.2, 0) is 6.54 Å². The van der Waals surface area contributed by atoms with E-state index in [1.807, 2.05) is 16.8 Å². The van der Waals surface area contributed by atoms with Crippen molar-refractivity contribution in [2.45, 2.75) is 31.8 Å². The molecule has 1 unspecified atom stereocenters. The number of alkyl halides is 1. The van der Waals surface area contributed by atoms with E-state index in [0.717, 1.165) is 24.9 Å². The number of aromatic nitrogens is 1. The summed E-state index contributed by atoms with van der Waals surface area (Å²) < 4.78 is 1.92. The molecule has 0 fully saturated rings. The number of amides is 1. The first-order valence-electron chi connectivity index (χ1n) is 6.52. The monoisotopic (exact) mass is 283 g/mol. The average Bonchev–Trinajstić information content (AvgIpc) is 2.77. The number of fused-ring (bicyclic) bond motifs is 1. The SMILES string of the molecule is CN1CCC(N=O)c2ccn(CCCCCl)c2C1=O. The summed E-state index contributed by atoms with van der Waals surface area (Å²) in [6.45, 7) is 1.30. The molecule has 0 radical (unpaired) electrons. The van der Waals surface area contributed by atoms with Crippen LogP contribution in [-0.4, -0.2) is 34.8 Å². The molecule has 0 bridgehead atoms. The molecule has 104 valence electrons. The lowest BCUT2D eigenvalue weighted by Crippen LogP contribution is -2.28. The molecular weight excluding hydrogens is 266 g/mol. The number of halogens is 1. The van der Waals surface area contributed by atoms with Crippen LogP contribution in [0.25, 0.3) is 0 Å². The van der Waals surface area contributed by atoms with E-state index in [4.69, 9.17) is 11.6 Å². The second-order valence-corrected chi connectivity index (χ2v) is 5.22. The molecule has 1 amide bonds. The van der Waals surface area contributed by atoms with E-state index < -0.39 is 6.04 Å². The predicted octanol–water partition coefficient (Wildman–Crippen LogP) is 2.79. The first-order valence-corrected chi connectivity index (χ1v) is 7.05. The van der Waals surface area contributed by atoms with Gasteiger partial charge in [-0.3, -0.25) is 4.79 Å². The minimum Gasteiger partial charge on any atom is -0.343 e. The van der Waals surface area contributed by atoms with Crippen LogP contribution >= 0.6 is 11.6 Å². The second kappa shape index (κ2) is 6.19. The summed E-state index contributed by atoms with van der Waals surface area (Å²) in [6, 6.07) is 1.43. The molecule has 0 saturated carbocycles. The molecule has 1 atom stereocenters. The first-order chi connectivity index (χ1) is 9.19. The van der Waals surface area contributed by atoms with E-state index >= 15 is 0 Å². The normalized spacial score (nSPS) is 19.2. The molecular formula is C13H18ClN3O2. The Morgan fingerprint density at radius 3 is 2.95 bits per heavy atom. The smallest absolute Gasteiger partial charge is 0.270 e. The van der Waals surface area contributed by atoms with Crippen molar-refractivity contribution < 1.29 is 4.79 Å². The fourth-order valence-electron chi connectivity index (χ4n) is 2.43. The third kappa shape index (κ3) is 2.81. The molecule has 0 saturated heterocycles. The van der Waals surface area contributed by atoms with Gasteiger partial charge in [-0.15, -0.1) is 11.6 Å². The highest BCUT2D eigenvalue weighted by atomic mass is 35.5. The lowest BCUT2D eigenvalue weighted by atomic mass is 10.1. The fourth-order valence-corrected chi connectivity index (χ4v) is 2.62. The fraction of sp³-hybridized carbons (Fsp3) is 0.615.